The van der Waals surface area contributed by atoms with Crippen molar-refractivity contribution < 1.29 is 19.0 Å². The zero-order valence-corrected chi connectivity index (χ0v) is 27.3. The van der Waals surface area contributed by atoms with Crippen LogP contribution < -0.4 is 24.4 Å². The SMILES string of the molecule is COc1cc(C=c2sc3n(c2=O)C(c2ccc(SC)cc2)C(C(=O)OCc2ccccc2)=C(C)N=3)ccc1OCc1ccccc1. The number of carbonyl (C=O) groups is 1. The Balaban J connectivity index is 1.36. The summed E-state index contributed by atoms with van der Waals surface area (Å²) in [6.07, 6.45) is 3.82. The Morgan fingerprint density at radius 1 is 0.913 bits per heavy atom. The average Bonchev–Trinajstić information content (AvgIpc) is 3.40. The van der Waals surface area contributed by atoms with Crippen LogP contribution in [0.3, 0.4) is 0 Å². The van der Waals surface area contributed by atoms with E-state index in [1.807, 2.05) is 115 Å². The molecule has 4 aromatic carbocycles. The largest absolute Gasteiger partial charge is 0.493 e. The van der Waals surface area contributed by atoms with Gasteiger partial charge < -0.3 is 14.2 Å². The van der Waals surface area contributed by atoms with Gasteiger partial charge in [0.05, 0.1) is 29.0 Å². The van der Waals surface area contributed by atoms with Gasteiger partial charge in [-0.1, -0.05) is 90.2 Å². The predicted molar refractivity (Wildman–Crippen MR) is 182 cm³/mol. The minimum absolute atomic E-state index is 0.117. The number of benzene rings is 4. The Hall–Kier alpha value is -4.86. The Kier molecular flexibility index (Phi) is 9.51. The van der Waals surface area contributed by atoms with E-state index in [4.69, 9.17) is 19.2 Å². The minimum atomic E-state index is -0.694. The lowest BCUT2D eigenvalue weighted by atomic mass is 9.96. The molecule has 1 aliphatic rings. The number of allylic oxidation sites excluding steroid dienone is 1. The molecule has 0 N–H and O–H groups in total. The fraction of sp³-hybridized carbons (Fsp3) is 0.162. The van der Waals surface area contributed by atoms with Crippen LogP contribution in [0.5, 0.6) is 11.5 Å². The van der Waals surface area contributed by atoms with Gasteiger partial charge in [-0.05, 0) is 65.8 Å². The van der Waals surface area contributed by atoms with Crippen molar-refractivity contribution in [3.8, 4) is 11.5 Å². The van der Waals surface area contributed by atoms with E-state index in [1.54, 1.807) is 30.4 Å². The number of thioether (sulfide) groups is 1. The maximum absolute atomic E-state index is 14.1. The molecular weight excluding hydrogens is 617 g/mol. The van der Waals surface area contributed by atoms with E-state index in [-0.39, 0.29) is 12.2 Å². The number of thiazole rings is 1. The number of hydrogen-bond donors (Lipinski definition) is 0. The number of methoxy groups -OCH3 is 1. The van der Waals surface area contributed by atoms with Gasteiger partial charge in [-0.25, -0.2) is 9.79 Å². The summed E-state index contributed by atoms with van der Waals surface area (Å²) >= 11 is 2.91. The molecule has 232 valence electrons. The quantitative estimate of drug-likeness (QED) is 0.131. The average molecular weight is 649 g/mol. The zero-order valence-electron chi connectivity index (χ0n) is 25.6. The number of esters is 1. The summed E-state index contributed by atoms with van der Waals surface area (Å²) in [6, 6.07) is 32.2. The van der Waals surface area contributed by atoms with Gasteiger partial charge in [0.15, 0.2) is 16.3 Å². The molecule has 7 nitrogen and oxygen atoms in total. The molecule has 1 unspecified atom stereocenters. The van der Waals surface area contributed by atoms with E-state index < -0.39 is 12.0 Å². The Bertz CT molecular complexity index is 2070. The van der Waals surface area contributed by atoms with Gasteiger partial charge in [-0.3, -0.25) is 9.36 Å². The zero-order chi connectivity index (χ0) is 32.0. The second-order valence-corrected chi connectivity index (χ2v) is 12.5. The topological polar surface area (TPSA) is 79.1 Å². The lowest BCUT2D eigenvalue weighted by Crippen LogP contribution is -2.39. The van der Waals surface area contributed by atoms with Crippen LogP contribution in [0.25, 0.3) is 6.08 Å². The molecule has 0 saturated carbocycles. The molecule has 6 rings (SSSR count). The second kappa shape index (κ2) is 14.1. The van der Waals surface area contributed by atoms with Gasteiger partial charge in [0.2, 0.25) is 0 Å². The first-order chi connectivity index (χ1) is 22.4. The normalized spacial score (nSPS) is 14.4. The summed E-state index contributed by atoms with van der Waals surface area (Å²) in [4.78, 5) is 34.1. The summed E-state index contributed by atoms with van der Waals surface area (Å²) in [6.45, 7) is 2.31. The molecule has 2 heterocycles. The molecule has 0 amide bonds. The number of rotatable bonds is 10. The van der Waals surface area contributed by atoms with Gasteiger partial charge >= 0.3 is 5.97 Å². The highest BCUT2D eigenvalue weighted by Crippen LogP contribution is 2.32. The second-order valence-electron chi connectivity index (χ2n) is 10.6. The Labute approximate surface area is 275 Å². The summed E-state index contributed by atoms with van der Waals surface area (Å²) < 4.78 is 19.5. The van der Waals surface area contributed by atoms with Crippen molar-refractivity contribution in [3.05, 3.63) is 156 Å². The first kappa shape index (κ1) is 31.1. The molecule has 0 spiro atoms. The molecule has 0 fully saturated rings. The van der Waals surface area contributed by atoms with Gasteiger partial charge in [-0.15, -0.1) is 11.8 Å². The first-order valence-electron chi connectivity index (χ1n) is 14.7. The Morgan fingerprint density at radius 2 is 1.59 bits per heavy atom. The number of ether oxygens (including phenoxy) is 3. The van der Waals surface area contributed by atoms with Crippen molar-refractivity contribution in [2.24, 2.45) is 4.99 Å². The van der Waals surface area contributed by atoms with Crippen molar-refractivity contribution in [3.63, 3.8) is 0 Å². The fourth-order valence-corrected chi connectivity index (χ4v) is 6.72. The van der Waals surface area contributed by atoms with E-state index in [2.05, 4.69) is 0 Å². The molecule has 0 saturated heterocycles. The summed E-state index contributed by atoms with van der Waals surface area (Å²) in [5.74, 6) is 0.658. The summed E-state index contributed by atoms with van der Waals surface area (Å²) in [5.41, 5.74) is 4.11. The first-order valence-corrected chi connectivity index (χ1v) is 16.7. The highest BCUT2D eigenvalue weighted by Gasteiger charge is 2.33. The maximum atomic E-state index is 14.1. The number of nitrogens with zero attached hydrogens (tertiary/aromatic N) is 2. The molecule has 5 aromatic rings. The number of fused-ring (bicyclic) bond motifs is 1. The van der Waals surface area contributed by atoms with E-state index in [1.165, 1.54) is 11.3 Å². The molecule has 9 heteroatoms. The van der Waals surface area contributed by atoms with Crippen molar-refractivity contribution in [1.82, 2.24) is 4.57 Å². The number of hydrogen-bond acceptors (Lipinski definition) is 8. The minimum Gasteiger partial charge on any atom is -0.493 e. The van der Waals surface area contributed by atoms with Crippen molar-refractivity contribution in [2.45, 2.75) is 31.1 Å². The molecular formula is C37H32N2O5S2. The van der Waals surface area contributed by atoms with E-state index in [0.29, 0.717) is 38.7 Å². The maximum Gasteiger partial charge on any atom is 0.338 e. The molecule has 0 aliphatic carbocycles. The number of carbonyl (C=O) groups excluding carboxylic acids is 1. The van der Waals surface area contributed by atoms with Crippen LogP contribution in [0.15, 0.2) is 129 Å². The van der Waals surface area contributed by atoms with Crippen LogP contribution in [0.2, 0.25) is 0 Å². The molecule has 1 aliphatic heterocycles. The predicted octanol–water partition coefficient (Wildman–Crippen LogP) is 6.29. The fourth-order valence-electron chi connectivity index (χ4n) is 5.27. The lowest BCUT2D eigenvalue weighted by Gasteiger charge is -2.25. The third-order valence-corrected chi connectivity index (χ3v) is 9.34. The van der Waals surface area contributed by atoms with E-state index >= 15 is 0 Å². The molecule has 0 radical (unpaired) electrons. The smallest absolute Gasteiger partial charge is 0.338 e. The third kappa shape index (κ3) is 6.71. The van der Waals surface area contributed by atoms with Crippen LogP contribution in [-0.4, -0.2) is 23.9 Å². The molecule has 1 atom stereocenters. The highest BCUT2D eigenvalue weighted by molar-refractivity contribution is 7.98. The summed E-state index contributed by atoms with van der Waals surface area (Å²) in [5, 5.41) is 0. The molecule has 0 bridgehead atoms. The van der Waals surface area contributed by atoms with Gasteiger partial charge in [-0.2, -0.15) is 0 Å². The monoisotopic (exact) mass is 648 g/mol. The van der Waals surface area contributed by atoms with Gasteiger partial charge in [0.1, 0.15) is 13.2 Å². The van der Waals surface area contributed by atoms with Crippen LogP contribution >= 0.6 is 23.1 Å². The van der Waals surface area contributed by atoms with Gasteiger partial charge in [0.25, 0.3) is 5.56 Å². The van der Waals surface area contributed by atoms with E-state index in [9.17, 15) is 9.59 Å². The highest BCUT2D eigenvalue weighted by atomic mass is 32.2. The van der Waals surface area contributed by atoms with Crippen LogP contribution in [0, 0.1) is 0 Å². The van der Waals surface area contributed by atoms with Crippen LogP contribution in [0.1, 0.15) is 35.2 Å². The molecule has 46 heavy (non-hydrogen) atoms. The third-order valence-electron chi connectivity index (χ3n) is 7.61. The van der Waals surface area contributed by atoms with Crippen LogP contribution in [0.4, 0.5) is 0 Å². The van der Waals surface area contributed by atoms with E-state index in [0.717, 1.165) is 27.1 Å². The lowest BCUT2D eigenvalue weighted by molar-refractivity contribution is -0.140. The van der Waals surface area contributed by atoms with Crippen molar-refractivity contribution in [1.29, 1.82) is 0 Å². The number of aromatic nitrogens is 1. The van der Waals surface area contributed by atoms with Crippen molar-refractivity contribution in [2.75, 3.05) is 13.4 Å². The van der Waals surface area contributed by atoms with Gasteiger partial charge in [0, 0.05) is 4.90 Å². The Morgan fingerprint density at radius 3 is 2.24 bits per heavy atom. The standard InChI is InChI=1S/C37H32N2O5S2/c1-24-33(36(41)44-23-26-12-8-5-9-13-26)34(28-15-17-29(45-3)18-16-28)39-35(40)32(46-37(39)38-24)21-27-14-19-30(31(20-27)42-2)43-22-25-10-6-4-7-11-25/h4-21,34H,22-23H2,1-3H3. The molecule has 1 aromatic heterocycles. The van der Waals surface area contributed by atoms with Crippen LogP contribution in [-0.2, 0) is 22.7 Å². The van der Waals surface area contributed by atoms with Crippen molar-refractivity contribution >= 4 is 35.1 Å². The summed E-state index contributed by atoms with van der Waals surface area (Å²) in [7, 11) is 1.59.